The Hall–Kier alpha value is -1.54. The number of Topliss-reactive ketones (excluding diaryl/α,β-unsaturated/α-hetero) is 1. The summed E-state index contributed by atoms with van der Waals surface area (Å²) >= 11 is 6.16. The number of carbonyl (C=O) groups excluding carboxylic acids is 1. The van der Waals surface area contributed by atoms with Crippen LogP contribution >= 0.6 is 11.6 Å². The summed E-state index contributed by atoms with van der Waals surface area (Å²) < 4.78 is 21.6. The summed E-state index contributed by atoms with van der Waals surface area (Å²) in [7, 11) is 6.02. The van der Waals surface area contributed by atoms with E-state index >= 15 is 0 Å². The zero-order chi connectivity index (χ0) is 20.4. The molecule has 0 heterocycles. The molecule has 0 aliphatic heterocycles. The zero-order valence-electron chi connectivity index (χ0n) is 16.4. The molecule has 1 aliphatic rings. The van der Waals surface area contributed by atoms with E-state index in [0.29, 0.717) is 12.8 Å². The van der Waals surface area contributed by atoms with Crippen molar-refractivity contribution in [3.63, 3.8) is 0 Å². The van der Waals surface area contributed by atoms with Gasteiger partial charge in [0.2, 0.25) is 0 Å². The van der Waals surface area contributed by atoms with E-state index in [0.717, 1.165) is 0 Å². The number of benzene rings is 1. The van der Waals surface area contributed by atoms with Crippen molar-refractivity contribution in [2.45, 2.75) is 25.6 Å². The Balaban J connectivity index is 2.49. The van der Waals surface area contributed by atoms with Crippen molar-refractivity contribution in [1.82, 2.24) is 0 Å². The summed E-state index contributed by atoms with van der Waals surface area (Å²) in [4.78, 5) is 13.4. The Kier molecular flexibility index (Phi) is 6.97. The molecule has 2 rings (SSSR count). The number of aromatic hydroxyl groups is 1. The molecule has 0 radical (unpaired) electrons. The second-order valence-electron chi connectivity index (χ2n) is 6.91. The molecule has 3 unspecified atom stereocenters. The van der Waals surface area contributed by atoms with E-state index in [4.69, 9.17) is 36.3 Å². The largest absolute Gasteiger partial charge is 0.505 e. The van der Waals surface area contributed by atoms with Gasteiger partial charge in [0.25, 0.3) is 0 Å². The summed E-state index contributed by atoms with van der Waals surface area (Å²) in [6, 6.07) is 1.49. The van der Waals surface area contributed by atoms with E-state index in [9.17, 15) is 9.90 Å². The topological polar surface area (TPSA) is 100 Å². The Morgan fingerprint density at radius 2 is 1.81 bits per heavy atom. The zero-order valence-corrected chi connectivity index (χ0v) is 17.1. The number of hydrogen-bond donors (Lipinski definition) is 2. The monoisotopic (exact) mass is 401 g/mol. The normalized spacial score (nSPS) is 24.5. The summed E-state index contributed by atoms with van der Waals surface area (Å²) in [5.74, 6) is -1.67. The van der Waals surface area contributed by atoms with Crippen LogP contribution in [0, 0.1) is 17.8 Å². The van der Waals surface area contributed by atoms with E-state index in [1.165, 1.54) is 20.3 Å². The molecule has 1 fully saturated rings. The average molecular weight is 402 g/mol. The average Bonchev–Trinajstić information content (AvgIpc) is 2.68. The van der Waals surface area contributed by atoms with Crippen molar-refractivity contribution in [3.8, 4) is 17.2 Å². The minimum atomic E-state index is -0.774. The maximum Gasteiger partial charge on any atom is 0.174 e. The highest BCUT2D eigenvalue weighted by Gasteiger charge is 2.48. The lowest BCUT2D eigenvalue weighted by Gasteiger charge is -2.45. The fourth-order valence-electron chi connectivity index (χ4n) is 4.12. The number of rotatable bonds is 7. The van der Waals surface area contributed by atoms with Gasteiger partial charge in [-0.25, -0.2) is 0 Å². The maximum atomic E-state index is 13.4. The van der Waals surface area contributed by atoms with Crippen LogP contribution in [0.3, 0.4) is 0 Å². The van der Waals surface area contributed by atoms with E-state index in [1.54, 1.807) is 14.2 Å². The third-order valence-electron chi connectivity index (χ3n) is 5.53. The molecule has 1 aromatic rings. The highest BCUT2D eigenvalue weighted by molar-refractivity contribution is 6.34. The van der Waals surface area contributed by atoms with E-state index in [-0.39, 0.29) is 52.0 Å². The van der Waals surface area contributed by atoms with Gasteiger partial charge in [-0.3, -0.25) is 4.79 Å². The smallest absolute Gasteiger partial charge is 0.174 e. The van der Waals surface area contributed by atoms with Crippen LogP contribution in [0.25, 0.3) is 0 Å². The van der Waals surface area contributed by atoms with Crippen molar-refractivity contribution in [2.24, 2.45) is 23.5 Å². The fraction of sp³-hybridized carbons (Fsp3) is 0.632. The molecule has 0 spiro atoms. The number of ketones is 1. The number of nitrogens with two attached hydrogens (primary N) is 1. The van der Waals surface area contributed by atoms with Gasteiger partial charge in [-0.15, -0.1) is 0 Å². The number of methoxy groups -OCH3 is 4. The van der Waals surface area contributed by atoms with Crippen molar-refractivity contribution in [3.05, 3.63) is 16.7 Å². The van der Waals surface area contributed by atoms with Gasteiger partial charge in [0.15, 0.2) is 17.3 Å². The first kappa shape index (κ1) is 21.8. The van der Waals surface area contributed by atoms with Crippen LogP contribution in [-0.2, 0) is 9.47 Å². The van der Waals surface area contributed by atoms with Crippen molar-refractivity contribution < 1.29 is 28.8 Å². The summed E-state index contributed by atoms with van der Waals surface area (Å²) in [6.07, 6.45) is 1.00. The number of carbonyl (C=O) groups is 1. The van der Waals surface area contributed by atoms with Gasteiger partial charge in [0.05, 0.1) is 14.2 Å². The lowest BCUT2D eigenvalue weighted by molar-refractivity contribution is -0.243. The lowest BCUT2D eigenvalue weighted by Crippen LogP contribution is -2.50. The van der Waals surface area contributed by atoms with Gasteiger partial charge in [-0.2, -0.15) is 0 Å². The molecule has 3 N–H and O–H groups in total. The fourth-order valence-corrected chi connectivity index (χ4v) is 4.35. The third kappa shape index (κ3) is 3.87. The van der Waals surface area contributed by atoms with Crippen LogP contribution < -0.4 is 15.2 Å². The number of hydrogen-bond acceptors (Lipinski definition) is 7. The molecule has 0 saturated heterocycles. The van der Waals surface area contributed by atoms with Crippen LogP contribution in [0.2, 0.25) is 5.02 Å². The first-order valence-electron chi connectivity index (χ1n) is 8.77. The maximum absolute atomic E-state index is 13.4. The summed E-state index contributed by atoms with van der Waals surface area (Å²) in [5, 5.41) is 10.5. The van der Waals surface area contributed by atoms with Crippen LogP contribution in [0.5, 0.6) is 17.2 Å². The van der Waals surface area contributed by atoms with Gasteiger partial charge in [-0.05, 0) is 18.4 Å². The molecule has 0 bridgehead atoms. The van der Waals surface area contributed by atoms with Crippen molar-refractivity contribution in [2.75, 3.05) is 35.0 Å². The highest BCUT2D eigenvalue weighted by atomic mass is 35.5. The Morgan fingerprint density at radius 1 is 1.22 bits per heavy atom. The second kappa shape index (κ2) is 8.65. The van der Waals surface area contributed by atoms with Gasteiger partial charge < -0.3 is 29.8 Å². The first-order valence-corrected chi connectivity index (χ1v) is 9.14. The molecule has 7 nitrogen and oxygen atoms in total. The standard InChI is InChI=1S/C19H28ClNO6/c1-10-7-19(26-4,27-5)8-11(9-21)14(10)17(22)15-12(24-2)6-13(25-3)16(20)18(15)23/h6,10-11,14,23H,7-9,21H2,1-5H3. The Bertz CT molecular complexity index is 691. The Labute approximate surface area is 164 Å². The third-order valence-corrected chi connectivity index (χ3v) is 5.90. The first-order chi connectivity index (χ1) is 12.8. The lowest BCUT2D eigenvalue weighted by atomic mass is 9.67. The van der Waals surface area contributed by atoms with Crippen LogP contribution in [-0.4, -0.2) is 51.7 Å². The minimum absolute atomic E-state index is 0.0301. The Morgan fingerprint density at radius 3 is 2.30 bits per heavy atom. The van der Waals surface area contributed by atoms with Gasteiger partial charge in [0.1, 0.15) is 22.1 Å². The van der Waals surface area contributed by atoms with Crippen LogP contribution in [0.1, 0.15) is 30.1 Å². The van der Waals surface area contributed by atoms with Crippen LogP contribution in [0.15, 0.2) is 6.07 Å². The molecule has 1 saturated carbocycles. The predicted molar refractivity (Wildman–Crippen MR) is 102 cm³/mol. The van der Waals surface area contributed by atoms with Crippen molar-refractivity contribution in [1.29, 1.82) is 0 Å². The molecule has 0 amide bonds. The van der Waals surface area contributed by atoms with Gasteiger partial charge in [0, 0.05) is 39.0 Å². The number of phenols is 1. The number of ether oxygens (including phenoxy) is 4. The molecule has 3 atom stereocenters. The molecular formula is C19H28ClNO6. The van der Waals surface area contributed by atoms with Gasteiger partial charge in [-0.1, -0.05) is 18.5 Å². The quantitative estimate of drug-likeness (QED) is 0.535. The molecule has 1 aromatic carbocycles. The molecule has 8 heteroatoms. The number of halogens is 1. The summed E-state index contributed by atoms with van der Waals surface area (Å²) in [6.45, 7) is 2.23. The molecule has 27 heavy (non-hydrogen) atoms. The van der Waals surface area contributed by atoms with E-state index < -0.39 is 11.7 Å². The van der Waals surface area contributed by atoms with Crippen LogP contribution in [0.4, 0.5) is 0 Å². The molecule has 1 aliphatic carbocycles. The molecule has 152 valence electrons. The van der Waals surface area contributed by atoms with Gasteiger partial charge >= 0.3 is 0 Å². The van der Waals surface area contributed by atoms with E-state index in [2.05, 4.69) is 0 Å². The van der Waals surface area contributed by atoms with Crippen molar-refractivity contribution >= 4 is 17.4 Å². The van der Waals surface area contributed by atoms with E-state index in [1.807, 2.05) is 6.92 Å². The highest BCUT2D eigenvalue weighted by Crippen LogP contribution is 2.48. The molecular weight excluding hydrogens is 374 g/mol. The number of phenolic OH excluding ortho intramolecular Hbond substituents is 1. The SMILES string of the molecule is COc1cc(OC)c(C(=O)C2C(C)CC(OC)(OC)CC2CN)c(O)c1Cl. The predicted octanol–water partition coefficient (Wildman–Crippen LogP) is 2.86. The molecule has 0 aromatic heterocycles. The second-order valence-corrected chi connectivity index (χ2v) is 7.29. The summed E-state index contributed by atoms with van der Waals surface area (Å²) in [5.41, 5.74) is 6.03. The minimum Gasteiger partial charge on any atom is -0.505 e.